The highest BCUT2D eigenvalue weighted by molar-refractivity contribution is 7.89. The van der Waals surface area contributed by atoms with E-state index in [-0.39, 0.29) is 24.2 Å². The van der Waals surface area contributed by atoms with Crippen LogP contribution in [0.1, 0.15) is 31.2 Å². The Morgan fingerprint density at radius 2 is 1.55 bits per heavy atom. The summed E-state index contributed by atoms with van der Waals surface area (Å²) in [7, 11) is 0.283. The van der Waals surface area contributed by atoms with Gasteiger partial charge < -0.3 is 23.8 Å². The monoisotopic (exact) mass is 624 g/mol. The Labute approximate surface area is 259 Å². The minimum Gasteiger partial charge on any atom is -0.497 e. The number of sulfonamides is 1. The number of hydrogen-bond donors (Lipinski definition) is 1. The van der Waals surface area contributed by atoms with Gasteiger partial charge in [0.25, 0.3) is 0 Å². The molecule has 0 aliphatic heterocycles. The van der Waals surface area contributed by atoms with Crippen LogP contribution in [0.2, 0.25) is 0 Å². The zero-order chi connectivity index (χ0) is 31.5. The van der Waals surface area contributed by atoms with Crippen molar-refractivity contribution in [3.63, 3.8) is 0 Å². The highest BCUT2D eigenvalue weighted by Crippen LogP contribution is 2.33. The number of carbonyl (C=O) groups is 2. The molecule has 236 valence electrons. The molecule has 0 saturated heterocycles. The van der Waals surface area contributed by atoms with Crippen LogP contribution in [0.3, 0.4) is 0 Å². The molecule has 1 amide bonds. The fourth-order valence-corrected chi connectivity index (χ4v) is 6.77. The SMILES string of the molecule is COCCOC(=O)N(Cc1ccccc1)C1CCCC(C(NS(=O)(=O)c2ccc(-c3ccc(OC)cc3)cc2)C(=O)OC)C1. The van der Waals surface area contributed by atoms with Gasteiger partial charge in [-0.2, -0.15) is 4.72 Å². The predicted molar refractivity (Wildman–Crippen MR) is 166 cm³/mol. The Bertz CT molecular complexity index is 1460. The normalized spacial score (nSPS) is 17.3. The van der Waals surface area contributed by atoms with Crippen LogP contribution in [-0.2, 0) is 35.6 Å². The van der Waals surface area contributed by atoms with Crippen LogP contribution in [-0.4, -0.2) is 72.0 Å². The molecular weight excluding hydrogens is 584 g/mol. The average Bonchev–Trinajstić information content (AvgIpc) is 3.06. The van der Waals surface area contributed by atoms with E-state index in [0.29, 0.717) is 32.2 Å². The molecule has 1 aliphatic rings. The first-order chi connectivity index (χ1) is 21.2. The van der Waals surface area contributed by atoms with E-state index in [1.54, 1.807) is 24.1 Å². The fraction of sp³-hybridized carbons (Fsp3) is 0.394. The second-order valence-electron chi connectivity index (χ2n) is 10.7. The van der Waals surface area contributed by atoms with Crippen LogP contribution in [0.5, 0.6) is 5.75 Å². The molecule has 3 aromatic carbocycles. The van der Waals surface area contributed by atoms with Crippen molar-refractivity contribution in [2.45, 2.75) is 49.2 Å². The molecule has 0 spiro atoms. The van der Waals surface area contributed by atoms with Crippen molar-refractivity contribution >= 4 is 22.1 Å². The van der Waals surface area contributed by atoms with Crippen LogP contribution in [0.25, 0.3) is 11.1 Å². The molecule has 1 fully saturated rings. The van der Waals surface area contributed by atoms with Gasteiger partial charge in [0.2, 0.25) is 10.0 Å². The van der Waals surface area contributed by atoms with E-state index in [4.69, 9.17) is 18.9 Å². The topological polar surface area (TPSA) is 120 Å². The number of rotatable bonds is 13. The molecule has 3 aromatic rings. The zero-order valence-corrected chi connectivity index (χ0v) is 26.1. The molecule has 0 radical (unpaired) electrons. The maximum absolute atomic E-state index is 13.5. The number of benzene rings is 3. The summed E-state index contributed by atoms with van der Waals surface area (Å²) < 4.78 is 50.4. The summed E-state index contributed by atoms with van der Waals surface area (Å²) in [6.45, 7) is 0.698. The lowest BCUT2D eigenvalue weighted by Crippen LogP contribution is -2.51. The van der Waals surface area contributed by atoms with Gasteiger partial charge in [0, 0.05) is 19.7 Å². The molecule has 11 heteroatoms. The van der Waals surface area contributed by atoms with E-state index in [2.05, 4.69) is 4.72 Å². The molecule has 1 saturated carbocycles. The van der Waals surface area contributed by atoms with Crippen LogP contribution in [0, 0.1) is 5.92 Å². The minimum atomic E-state index is -4.08. The van der Waals surface area contributed by atoms with Gasteiger partial charge in [-0.25, -0.2) is 13.2 Å². The minimum absolute atomic E-state index is 0.0310. The summed E-state index contributed by atoms with van der Waals surface area (Å²) in [6, 6.07) is 22.1. The Hall–Kier alpha value is -3.93. The number of nitrogens with zero attached hydrogens (tertiary/aromatic N) is 1. The molecule has 0 bridgehead atoms. The van der Waals surface area contributed by atoms with Gasteiger partial charge in [-0.15, -0.1) is 0 Å². The summed E-state index contributed by atoms with van der Waals surface area (Å²) in [5, 5.41) is 0. The van der Waals surface area contributed by atoms with Crippen molar-refractivity contribution in [3.8, 4) is 16.9 Å². The van der Waals surface area contributed by atoms with E-state index in [1.807, 2.05) is 54.6 Å². The molecule has 1 N–H and O–H groups in total. The van der Waals surface area contributed by atoms with Crippen molar-refractivity contribution in [2.75, 3.05) is 34.5 Å². The third-order valence-electron chi connectivity index (χ3n) is 7.87. The molecule has 3 unspecified atom stereocenters. The van der Waals surface area contributed by atoms with Gasteiger partial charge in [0.1, 0.15) is 18.4 Å². The highest BCUT2D eigenvalue weighted by atomic mass is 32.2. The number of ether oxygens (including phenoxy) is 4. The number of carbonyl (C=O) groups excluding carboxylic acids is 2. The average molecular weight is 625 g/mol. The van der Waals surface area contributed by atoms with Gasteiger partial charge in [-0.05, 0) is 66.1 Å². The Balaban J connectivity index is 1.52. The molecule has 10 nitrogen and oxygen atoms in total. The summed E-state index contributed by atoms with van der Waals surface area (Å²) in [4.78, 5) is 27.9. The lowest BCUT2D eigenvalue weighted by molar-refractivity contribution is -0.144. The summed E-state index contributed by atoms with van der Waals surface area (Å²) in [5.41, 5.74) is 2.67. The van der Waals surface area contributed by atoms with E-state index < -0.39 is 34.0 Å². The van der Waals surface area contributed by atoms with Crippen LogP contribution in [0.15, 0.2) is 83.8 Å². The summed E-state index contributed by atoms with van der Waals surface area (Å²) in [6.07, 6.45) is 1.88. The molecular formula is C33H40N2O8S. The number of nitrogens with one attached hydrogen (secondary N) is 1. The van der Waals surface area contributed by atoms with Gasteiger partial charge >= 0.3 is 12.1 Å². The molecule has 4 rings (SSSR count). The van der Waals surface area contributed by atoms with E-state index in [9.17, 15) is 18.0 Å². The smallest absolute Gasteiger partial charge is 0.410 e. The molecule has 44 heavy (non-hydrogen) atoms. The third-order valence-corrected chi connectivity index (χ3v) is 9.32. The lowest BCUT2D eigenvalue weighted by atomic mass is 9.80. The molecule has 3 atom stereocenters. The maximum Gasteiger partial charge on any atom is 0.410 e. The molecule has 0 heterocycles. The third kappa shape index (κ3) is 8.58. The zero-order valence-electron chi connectivity index (χ0n) is 25.3. The first-order valence-corrected chi connectivity index (χ1v) is 16.0. The van der Waals surface area contributed by atoms with Crippen molar-refractivity contribution in [1.82, 2.24) is 9.62 Å². The van der Waals surface area contributed by atoms with Gasteiger partial charge in [-0.3, -0.25) is 4.79 Å². The van der Waals surface area contributed by atoms with Crippen molar-refractivity contribution in [3.05, 3.63) is 84.4 Å². The first kappa shape index (κ1) is 33.0. The Kier molecular flexibility index (Phi) is 11.8. The van der Waals surface area contributed by atoms with E-state index >= 15 is 0 Å². The lowest BCUT2D eigenvalue weighted by Gasteiger charge is -2.39. The predicted octanol–water partition coefficient (Wildman–Crippen LogP) is 5.03. The molecule has 0 aromatic heterocycles. The van der Waals surface area contributed by atoms with Gasteiger partial charge in [-0.1, -0.05) is 61.0 Å². The van der Waals surface area contributed by atoms with Crippen LogP contribution in [0.4, 0.5) is 4.79 Å². The van der Waals surface area contributed by atoms with Crippen LogP contribution < -0.4 is 9.46 Å². The van der Waals surface area contributed by atoms with E-state index in [0.717, 1.165) is 22.4 Å². The molecule has 1 aliphatic carbocycles. The highest BCUT2D eigenvalue weighted by Gasteiger charge is 2.39. The second-order valence-corrected chi connectivity index (χ2v) is 12.4. The van der Waals surface area contributed by atoms with Gasteiger partial charge in [0.05, 0.1) is 25.7 Å². The summed E-state index contributed by atoms with van der Waals surface area (Å²) >= 11 is 0. The van der Waals surface area contributed by atoms with Crippen molar-refractivity contribution in [1.29, 1.82) is 0 Å². The summed E-state index contributed by atoms with van der Waals surface area (Å²) in [5.74, 6) is -0.354. The second kappa shape index (κ2) is 15.7. The number of methoxy groups -OCH3 is 3. The number of hydrogen-bond acceptors (Lipinski definition) is 8. The largest absolute Gasteiger partial charge is 0.497 e. The van der Waals surface area contributed by atoms with Crippen LogP contribution >= 0.6 is 0 Å². The van der Waals surface area contributed by atoms with E-state index in [1.165, 1.54) is 26.4 Å². The maximum atomic E-state index is 13.5. The Morgan fingerprint density at radius 3 is 2.16 bits per heavy atom. The fourth-order valence-electron chi connectivity index (χ4n) is 5.51. The quantitative estimate of drug-likeness (QED) is 0.208. The van der Waals surface area contributed by atoms with Crippen molar-refractivity contribution < 1.29 is 37.0 Å². The standard InChI is InChI=1S/C33H40N2O8S/c1-40-20-21-43-33(37)35(23-24-8-5-4-6-9-24)28-11-7-10-27(22-28)31(32(36)42-3)34-44(38,39)30-18-14-26(15-19-30)25-12-16-29(41-2)17-13-25/h4-6,8-9,12-19,27-28,31,34H,7,10-11,20-23H2,1-3H3. The van der Waals surface area contributed by atoms with Crippen molar-refractivity contribution in [2.24, 2.45) is 5.92 Å². The Morgan fingerprint density at radius 1 is 0.886 bits per heavy atom. The number of amides is 1. The van der Waals surface area contributed by atoms with Gasteiger partial charge in [0.15, 0.2) is 0 Å². The number of esters is 1. The first-order valence-electron chi connectivity index (χ1n) is 14.6.